The van der Waals surface area contributed by atoms with Crippen LogP contribution < -0.4 is 10.1 Å². The van der Waals surface area contributed by atoms with Crippen LogP contribution in [-0.4, -0.2) is 34.7 Å². The van der Waals surface area contributed by atoms with Crippen molar-refractivity contribution in [2.75, 3.05) is 11.9 Å². The van der Waals surface area contributed by atoms with Gasteiger partial charge in [0, 0.05) is 21.8 Å². The third-order valence-corrected chi connectivity index (χ3v) is 7.00. The van der Waals surface area contributed by atoms with E-state index in [2.05, 4.69) is 15.5 Å². The molecule has 212 valence electrons. The van der Waals surface area contributed by atoms with E-state index in [1.807, 2.05) is 0 Å². The molecule has 1 aliphatic heterocycles. The second-order valence-electron chi connectivity index (χ2n) is 8.76. The Kier molecular flexibility index (Phi) is 9.10. The molecule has 0 atom stereocenters. The number of furan rings is 1. The minimum absolute atomic E-state index is 0.0900. The summed E-state index contributed by atoms with van der Waals surface area (Å²) in [6, 6.07) is 19.6. The highest BCUT2D eigenvalue weighted by molar-refractivity contribution is 8.18. The Morgan fingerprint density at radius 2 is 1.86 bits per heavy atom. The summed E-state index contributed by atoms with van der Waals surface area (Å²) in [6.45, 7) is -0.259. The molecule has 0 bridgehead atoms. The first-order valence-corrected chi connectivity index (χ1v) is 13.6. The third kappa shape index (κ3) is 7.31. The molecule has 2 heterocycles. The van der Waals surface area contributed by atoms with Crippen molar-refractivity contribution in [1.82, 2.24) is 4.90 Å². The van der Waals surface area contributed by atoms with Gasteiger partial charge in [0.25, 0.3) is 11.8 Å². The maximum absolute atomic E-state index is 14.0. The average Bonchev–Trinajstić information content (AvgIpc) is 3.59. The van der Waals surface area contributed by atoms with Crippen LogP contribution in [-0.2, 0) is 16.1 Å². The molecule has 12 heteroatoms. The van der Waals surface area contributed by atoms with Gasteiger partial charge in [-0.1, -0.05) is 29.8 Å². The van der Waals surface area contributed by atoms with Gasteiger partial charge in [0.1, 0.15) is 23.1 Å². The van der Waals surface area contributed by atoms with Crippen LogP contribution in [0.25, 0.3) is 6.08 Å². The summed E-state index contributed by atoms with van der Waals surface area (Å²) in [4.78, 5) is 27.5. The summed E-state index contributed by atoms with van der Waals surface area (Å²) < 4.78 is 38.3. The first-order chi connectivity index (χ1) is 20.4. The maximum Gasteiger partial charge on any atom is 0.267 e. The topological polar surface area (TPSA) is 96.5 Å². The van der Waals surface area contributed by atoms with E-state index in [-0.39, 0.29) is 34.7 Å². The molecule has 8 nitrogen and oxygen atoms in total. The van der Waals surface area contributed by atoms with Crippen molar-refractivity contribution >= 4 is 58.3 Å². The molecule has 1 aliphatic rings. The number of carbonyl (C=O) groups is 2. The second-order valence-corrected chi connectivity index (χ2v) is 10.2. The molecule has 1 aromatic heterocycles. The maximum atomic E-state index is 14.0. The number of benzene rings is 3. The summed E-state index contributed by atoms with van der Waals surface area (Å²) >= 11 is 7.28. The van der Waals surface area contributed by atoms with Crippen LogP contribution in [0.2, 0.25) is 5.02 Å². The highest BCUT2D eigenvalue weighted by Gasteiger charge is 2.34. The van der Waals surface area contributed by atoms with Gasteiger partial charge in [-0.3, -0.25) is 14.5 Å². The Balaban J connectivity index is 1.37. The van der Waals surface area contributed by atoms with Crippen LogP contribution in [0.1, 0.15) is 16.9 Å². The fourth-order valence-corrected chi connectivity index (χ4v) is 4.89. The molecule has 0 unspecified atom stereocenters. The van der Waals surface area contributed by atoms with E-state index in [0.29, 0.717) is 27.8 Å². The number of thioether (sulfide) groups is 1. The van der Waals surface area contributed by atoms with Crippen LogP contribution in [0.4, 0.5) is 14.5 Å². The minimum atomic E-state index is -0.465. The Labute approximate surface area is 248 Å². The van der Waals surface area contributed by atoms with Crippen molar-refractivity contribution in [3.05, 3.63) is 124 Å². The van der Waals surface area contributed by atoms with Crippen molar-refractivity contribution < 1.29 is 27.5 Å². The molecule has 0 aliphatic carbocycles. The summed E-state index contributed by atoms with van der Waals surface area (Å²) in [5.41, 5.74) is 1.10. The van der Waals surface area contributed by atoms with E-state index in [1.165, 1.54) is 47.7 Å². The SMILES string of the molecule is O=C(COc1ccc(Cl)cc1/C=C1\S/C(=N/N=C\c2ccccc2F)N(Cc2ccco2)C1=O)Nc1ccc(F)cc1. The molecule has 1 fully saturated rings. The number of nitrogens with one attached hydrogen (secondary N) is 1. The third-order valence-electron chi connectivity index (χ3n) is 5.77. The second kappa shape index (κ2) is 13.3. The number of rotatable bonds is 9. The Morgan fingerprint density at radius 1 is 1.05 bits per heavy atom. The number of carbonyl (C=O) groups excluding carboxylic acids is 2. The average molecular weight is 607 g/mol. The quantitative estimate of drug-likeness (QED) is 0.129. The zero-order chi connectivity index (χ0) is 29.5. The van der Waals surface area contributed by atoms with Crippen LogP contribution in [0.5, 0.6) is 5.75 Å². The van der Waals surface area contributed by atoms with Crippen molar-refractivity contribution in [2.24, 2.45) is 10.2 Å². The number of amidine groups is 1. The minimum Gasteiger partial charge on any atom is -0.483 e. The molecule has 3 aromatic carbocycles. The molecule has 0 radical (unpaired) electrons. The van der Waals surface area contributed by atoms with Gasteiger partial charge < -0.3 is 14.5 Å². The lowest BCUT2D eigenvalue weighted by atomic mass is 10.2. The van der Waals surface area contributed by atoms with Gasteiger partial charge in [-0.25, -0.2) is 8.78 Å². The van der Waals surface area contributed by atoms with Crippen molar-refractivity contribution in [2.45, 2.75) is 6.54 Å². The zero-order valence-electron chi connectivity index (χ0n) is 21.7. The summed E-state index contributed by atoms with van der Waals surface area (Å²) in [5.74, 6) is -0.894. The molecular weight excluding hydrogens is 586 g/mol. The van der Waals surface area contributed by atoms with E-state index in [4.69, 9.17) is 20.8 Å². The predicted octanol–water partition coefficient (Wildman–Crippen LogP) is 6.74. The summed E-state index contributed by atoms with van der Waals surface area (Å²) in [6.07, 6.45) is 4.33. The largest absolute Gasteiger partial charge is 0.483 e. The van der Waals surface area contributed by atoms with Gasteiger partial charge in [0.15, 0.2) is 11.8 Å². The molecule has 42 heavy (non-hydrogen) atoms. The number of halogens is 3. The van der Waals surface area contributed by atoms with E-state index in [1.54, 1.807) is 54.6 Å². The summed E-state index contributed by atoms with van der Waals surface area (Å²) in [5, 5.41) is 11.4. The normalized spacial score (nSPS) is 15.2. The van der Waals surface area contributed by atoms with Crippen molar-refractivity contribution in [1.29, 1.82) is 0 Å². The number of ether oxygens (including phenoxy) is 1. The van der Waals surface area contributed by atoms with E-state index in [0.717, 1.165) is 11.8 Å². The Bertz CT molecular complexity index is 1690. The number of hydrogen-bond donors (Lipinski definition) is 1. The van der Waals surface area contributed by atoms with Crippen LogP contribution >= 0.6 is 23.4 Å². The highest BCUT2D eigenvalue weighted by atomic mass is 35.5. The predicted molar refractivity (Wildman–Crippen MR) is 158 cm³/mol. The van der Waals surface area contributed by atoms with E-state index < -0.39 is 17.5 Å². The molecule has 1 saturated heterocycles. The Morgan fingerprint density at radius 3 is 2.62 bits per heavy atom. The molecule has 5 rings (SSSR count). The fraction of sp³-hybridized carbons (Fsp3) is 0.0667. The monoisotopic (exact) mass is 606 g/mol. The van der Waals surface area contributed by atoms with Gasteiger partial charge in [-0.2, -0.15) is 5.10 Å². The number of hydrogen-bond acceptors (Lipinski definition) is 7. The highest BCUT2D eigenvalue weighted by Crippen LogP contribution is 2.36. The molecule has 0 saturated carbocycles. The molecule has 1 N–H and O–H groups in total. The standard InChI is InChI=1S/C30H21ClF2N4O4S/c31-21-7-12-26(41-18-28(38)35-23-10-8-22(32)9-11-23)20(14-21)15-27-29(39)37(17-24-5-3-13-40-24)30(42-27)36-34-16-19-4-1-2-6-25(19)33/h1-16H,17-18H2,(H,35,38)/b27-15-,34-16-,36-30+. The summed E-state index contributed by atoms with van der Waals surface area (Å²) in [7, 11) is 0. The van der Waals surface area contributed by atoms with E-state index in [9.17, 15) is 18.4 Å². The van der Waals surface area contributed by atoms with Crippen molar-refractivity contribution in [3.63, 3.8) is 0 Å². The van der Waals surface area contributed by atoms with Crippen molar-refractivity contribution in [3.8, 4) is 5.75 Å². The lowest BCUT2D eigenvalue weighted by Gasteiger charge is -2.13. The molecular formula is C30H21ClF2N4O4S. The number of anilines is 1. The van der Waals surface area contributed by atoms with Gasteiger partial charge in [-0.05, 0) is 78.5 Å². The smallest absolute Gasteiger partial charge is 0.267 e. The molecule has 2 amide bonds. The van der Waals surface area contributed by atoms with Crippen LogP contribution in [0.3, 0.4) is 0 Å². The van der Waals surface area contributed by atoms with Gasteiger partial charge in [0.2, 0.25) is 0 Å². The van der Waals surface area contributed by atoms with Gasteiger partial charge in [-0.15, -0.1) is 5.10 Å². The first-order valence-electron chi connectivity index (χ1n) is 12.4. The number of amides is 2. The first kappa shape index (κ1) is 28.8. The van der Waals surface area contributed by atoms with Gasteiger partial charge >= 0.3 is 0 Å². The lowest BCUT2D eigenvalue weighted by molar-refractivity contribution is -0.122. The molecule has 0 spiro atoms. The fourth-order valence-electron chi connectivity index (χ4n) is 3.78. The lowest BCUT2D eigenvalue weighted by Crippen LogP contribution is -2.28. The number of nitrogens with zero attached hydrogens (tertiary/aromatic N) is 3. The van der Waals surface area contributed by atoms with Crippen LogP contribution in [0, 0.1) is 11.6 Å². The van der Waals surface area contributed by atoms with E-state index >= 15 is 0 Å². The molecule has 4 aromatic rings. The zero-order valence-corrected chi connectivity index (χ0v) is 23.2. The Hall–Kier alpha value is -4.74. The van der Waals surface area contributed by atoms with Gasteiger partial charge in [0.05, 0.1) is 23.9 Å². The van der Waals surface area contributed by atoms with Crippen LogP contribution in [0.15, 0.2) is 105 Å².